The van der Waals surface area contributed by atoms with Gasteiger partial charge in [-0.05, 0) is 49.8 Å². The Morgan fingerprint density at radius 2 is 2.16 bits per heavy atom. The first kappa shape index (κ1) is 14.4. The van der Waals surface area contributed by atoms with E-state index in [1.165, 1.54) is 31.2 Å². The van der Waals surface area contributed by atoms with Gasteiger partial charge in [0.2, 0.25) is 0 Å². The molecular weight excluding hydrogens is 238 g/mol. The van der Waals surface area contributed by atoms with Gasteiger partial charge in [-0.2, -0.15) is 0 Å². The molecule has 1 aliphatic rings. The molecule has 19 heavy (non-hydrogen) atoms. The second-order valence-electron chi connectivity index (χ2n) is 5.34. The van der Waals surface area contributed by atoms with Crippen LogP contribution in [0, 0.1) is 0 Å². The molecule has 0 amide bonds. The molecule has 0 aromatic heterocycles. The summed E-state index contributed by atoms with van der Waals surface area (Å²) in [6.07, 6.45) is 6.30. The van der Waals surface area contributed by atoms with Gasteiger partial charge in [-0.25, -0.2) is 0 Å². The first-order valence-corrected chi connectivity index (χ1v) is 7.41. The Hall–Kier alpha value is -1.06. The van der Waals surface area contributed by atoms with E-state index in [9.17, 15) is 0 Å². The lowest BCUT2D eigenvalue weighted by Crippen LogP contribution is -2.31. The molecule has 1 fully saturated rings. The number of hydrogen-bond donors (Lipinski definition) is 2. The van der Waals surface area contributed by atoms with Crippen molar-refractivity contribution in [2.45, 2.75) is 57.7 Å². The van der Waals surface area contributed by atoms with Gasteiger partial charge in [-0.1, -0.05) is 19.1 Å². The summed E-state index contributed by atoms with van der Waals surface area (Å²) in [5, 5.41) is 12.5. The Bertz CT molecular complexity index is 371. The number of rotatable bonds is 7. The second-order valence-corrected chi connectivity index (χ2v) is 5.34. The maximum absolute atomic E-state index is 9.16. The minimum absolute atomic E-state index is 0.180. The molecule has 106 valence electrons. The zero-order chi connectivity index (χ0) is 13.5. The van der Waals surface area contributed by atoms with E-state index in [1.54, 1.807) is 0 Å². The van der Waals surface area contributed by atoms with E-state index in [0.29, 0.717) is 6.10 Å². The lowest BCUT2D eigenvalue weighted by Gasteiger charge is -2.16. The zero-order valence-electron chi connectivity index (χ0n) is 11.8. The molecular formula is C16H25NO2. The summed E-state index contributed by atoms with van der Waals surface area (Å²) >= 11 is 0. The summed E-state index contributed by atoms with van der Waals surface area (Å²) in [5.41, 5.74) is 1.21. The molecule has 3 nitrogen and oxygen atoms in total. The maximum Gasteiger partial charge on any atom is 0.120 e. The molecule has 1 aromatic rings. The number of aliphatic hydroxyl groups excluding tert-OH is 1. The highest BCUT2D eigenvalue weighted by atomic mass is 16.5. The van der Waals surface area contributed by atoms with E-state index in [2.05, 4.69) is 24.4 Å². The lowest BCUT2D eigenvalue weighted by molar-refractivity contribution is 0.209. The Labute approximate surface area is 116 Å². The molecule has 2 N–H and O–H groups in total. The molecule has 0 bridgehead atoms. The quantitative estimate of drug-likeness (QED) is 0.795. The summed E-state index contributed by atoms with van der Waals surface area (Å²) in [6.45, 7) is 3.04. The highest BCUT2D eigenvalue weighted by molar-refractivity contribution is 5.28. The topological polar surface area (TPSA) is 41.5 Å². The first-order chi connectivity index (χ1) is 9.31. The van der Waals surface area contributed by atoms with Gasteiger partial charge in [-0.15, -0.1) is 0 Å². The third-order valence-electron chi connectivity index (χ3n) is 3.81. The van der Waals surface area contributed by atoms with Crippen molar-refractivity contribution < 1.29 is 9.84 Å². The molecule has 1 unspecified atom stereocenters. The summed E-state index contributed by atoms with van der Waals surface area (Å²) in [7, 11) is 0. The van der Waals surface area contributed by atoms with Crippen LogP contribution in [-0.2, 0) is 6.54 Å². The van der Waals surface area contributed by atoms with Gasteiger partial charge in [0.05, 0.1) is 12.7 Å². The highest BCUT2D eigenvalue weighted by Crippen LogP contribution is 2.24. The molecule has 1 saturated carbocycles. The van der Waals surface area contributed by atoms with Crippen LogP contribution in [0.15, 0.2) is 24.3 Å². The maximum atomic E-state index is 9.16. The van der Waals surface area contributed by atoms with E-state index in [-0.39, 0.29) is 12.6 Å². The number of benzene rings is 1. The van der Waals surface area contributed by atoms with Crippen molar-refractivity contribution in [1.82, 2.24) is 5.32 Å². The Kier molecular flexibility index (Phi) is 5.67. The fraction of sp³-hybridized carbons (Fsp3) is 0.625. The highest BCUT2D eigenvalue weighted by Gasteiger charge is 2.16. The predicted octanol–water partition coefficient (Wildman–Crippen LogP) is 2.87. The lowest BCUT2D eigenvalue weighted by atomic mass is 10.2. The van der Waals surface area contributed by atoms with Gasteiger partial charge in [0.15, 0.2) is 0 Å². The largest absolute Gasteiger partial charge is 0.490 e. The Morgan fingerprint density at radius 3 is 2.84 bits per heavy atom. The van der Waals surface area contributed by atoms with E-state index in [4.69, 9.17) is 9.84 Å². The van der Waals surface area contributed by atoms with Crippen molar-refractivity contribution in [1.29, 1.82) is 0 Å². The normalized spacial score (nSPS) is 17.6. The van der Waals surface area contributed by atoms with Crippen LogP contribution in [0.5, 0.6) is 5.75 Å². The van der Waals surface area contributed by atoms with Gasteiger partial charge in [-0.3, -0.25) is 0 Å². The van der Waals surface area contributed by atoms with Crippen molar-refractivity contribution in [3.63, 3.8) is 0 Å². The molecule has 0 aliphatic heterocycles. The van der Waals surface area contributed by atoms with Crippen LogP contribution in [0.1, 0.15) is 44.6 Å². The number of aliphatic hydroxyl groups is 1. The molecule has 0 saturated heterocycles. The van der Waals surface area contributed by atoms with Crippen LogP contribution in [0.25, 0.3) is 0 Å². The number of hydrogen-bond acceptors (Lipinski definition) is 3. The summed E-state index contributed by atoms with van der Waals surface area (Å²) in [6, 6.07) is 8.46. The average molecular weight is 263 g/mol. The fourth-order valence-electron chi connectivity index (χ4n) is 2.53. The molecule has 0 spiro atoms. The third kappa shape index (κ3) is 4.51. The summed E-state index contributed by atoms with van der Waals surface area (Å²) in [4.78, 5) is 0. The Morgan fingerprint density at radius 1 is 1.37 bits per heavy atom. The molecule has 0 radical (unpaired) electrons. The van der Waals surface area contributed by atoms with Crippen LogP contribution in [0.4, 0.5) is 0 Å². The first-order valence-electron chi connectivity index (χ1n) is 7.41. The van der Waals surface area contributed by atoms with Crippen molar-refractivity contribution in [2.24, 2.45) is 0 Å². The monoisotopic (exact) mass is 263 g/mol. The molecule has 0 heterocycles. The number of ether oxygens (including phenoxy) is 1. The van der Waals surface area contributed by atoms with Crippen LogP contribution < -0.4 is 10.1 Å². The van der Waals surface area contributed by atoms with Crippen LogP contribution in [0.3, 0.4) is 0 Å². The summed E-state index contributed by atoms with van der Waals surface area (Å²) in [5.74, 6) is 0.975. The van der Waals surface area contributed by atoms with Crippen molar-refractivity contribution >= 4 is 0 Å². The molecule has 1 aliphatic carbocycles. The predicted molar refractivity (Wildman–Crippen MR) is 77.3 cm³/mol. The second kappa shape index (κ2) is 7.51. The van der Waals surface area contributed by atoms with Crippen LogP contribution >= 0.6 is 0 Å². The van der Waals surface area contributed by atoms with Crippen molar-refractivity contribution in [3.05, 3.63) is 29.8 Å². The van der Waals surface area contributed by atoms with Crippen LogP contribution in [0.2, 0.25) is 0 Å². The van der Waals surface area contributed by atoms with E-state index >= 15 is 0 Å². The standard InChI is InChI=1S/C16H25NO2/c1-2-14(12-18)17-11-13-6-5-9-16(10-13)19-15-7-3-4-8-15/h5-6,9-10,14-15,17-18H,2-4,7-8,11-12H2,1H3. The minimum atomic E-state index is 0.180. The smallest absolute Gasteiger partial charge is 0.120 e. The van der Waals surface area contributed by atoms with E-state index in [0.717, 1.165) is 18.7 Å². The Balaban J connectivity index is 1.87. The molecule has 3 heteroatoms. The van der Waals surface area contributed by atoms with Gasteiger partial charge in [0, 0.05) is 12.6 Å². The zero-order valence-corrected chi connectivity index (χ0v) is 11.8. The van der Waals surface area contributed by atoms with Gasteiger partial charge >= 0.3 is 0 Å². The molecule has 2 rings (SSSR count). The number of nitrogens with one attached hydrogen (secondary N) is 1. The summed E-state index contributed by atoms with van der Waals surface area (Å²) < 4.78 is 6.00. The van der Waals surface area contributed by atoms with Gasteiger partial charge in [0.25, 0.3) is 0 Å². The molecule has 1 atom stereocenters. The van der Waals surface area contributed by atoms with Crippen molar-refractivity contribution in [2.75, 3.05) is 6.61 Å². The molecule has 1 aromatic carbocycles. The SMILES string of the molecule is CCC(CO)NCc1cccc(OC2CCCC2)c1. The van der Waals surface area contributed by atoms with Crippen molar-refractivity contribution in [3.8, 4) is 5.75 Å². The fourth-order valence-corrected chi connectivity index (χ4v) is 2.53. The minimum Gasteiger partial charge on any atom is -0.490 e. The van der Waals surface area contributed by atoms with Crippen LogP contribution in [-0.4, -0.2) is 23.9 Å². The van der Waals surface area contributed by atoms with E-state index in [1.807, 2.05) is 12.1 Å². The third-order valence-corrected chi connectivity index (χ3v) is 3.81. The van der Waals surface area contributed by atoms with E-state index < -0.39 is 0 Å². The van der Waals surface area contributed by atoms with Gasteiger partial charge < -0.3 is 15.2 Å². The van der Waals surface area contributed by atoms with Gasteiger partial charge in [0.1, 0.15) is 5.75 Å². The average Bonchev–Trinajstić information content (AvgIpc) is 2.93.